The molecule has 1 saturated carbocycles. The molecule has 0 aromatic carbocycles. The standard InChI is InChI=1S/C13H16N2O2/c1-17-7-12-13-10(4-9(6-16)15-13)11(5-14-12)8-2-3-8/h4-5,8,15-16H,2-3,6-7H2,1H3. The van der Waals surface area contributed by atoms with Gasteiger partial charge in [0.15, 0.2) is 0 Å². The summed E-state index contributed by atoms with van der Waals surface area (Å²) < 4.78 is 5.15. The van der Waals surface area contributed by atoms with Gasteiger partial charge in [0.25, 0.3) is 0 Å². The molecule has 0 atom stereocenters. The molecule has 0 unspecified atom stereocenters. The summed E-state index contributed by atoms with van der Waals surface area (Å²) in [5.41, 5.74) is 4.06. The molecule has 1 fully saturated rings. The van der Waals surface area contributed by atoms with Gasteiger partial charge in [-0.1, -0.05) is 0 Å². The van der Waals surface area contributed by atoms with E-state index in [9.17, 15) is 5.11 Å². The summed E-state index contributed by atoms with van der Waals surface area (Å²) in [7, 11) is 1.66. The van der Waals surface area contributed by atoms with Crippen LogP contribution in [0, 0.1) is 0 Å². The minimum Gasteiger partial charge on any atom is -0.390 e. The van der Waals surface area contributed by atoms with Crippen LogP contribution in [0.15, 0.2) is 12.3 Å². The van der Waals surface area contributed by atoms with Gasteiger partial charge in [0.2, 0.25) is 0 Å². The van der Waals surface area contributed by atoms with Crippen molar-refractivity contribution in [3.8, 4) is 0 Å². The molecule has 0 amide bonds. The Kier molecular flexibility index (Phi) is 2.61. The Labute approximate surface area is 99.6 Å². The predicted molar refractivity (Wildman–Crippen MR) is 64.7 cm³/mol. The number of H-pyrrole nitrogens is 1. The lowest BCUT2D eigenvalue weighted by molar-refractivity contribution is 0.182. The number of methoxy groups -OCH3 is 1. The number of hydrogen-bond donors (Lipinski definition) is 2. The van der Waals surface area contributed by atoms with E-state index in [2.05, 4.69) is 9.97 Å². The second-order valence-corrected chi connectivity index (χ2v) is 4.61. The van der Waals surface area contributed by atoms with Crippen LogP contribution in [0.2, 0.25) is 0 Å². The Morgan fingerprint density at radius 1 is 1.53 bits per heavy atom. The maximum atomic E-state index is 9.22. The minimum absolute atomic E-state index is 0.0329. The third kappa shape index (κ3) is 1.83. The summed E-state index contributed by atoms with van der Waals surface area (Å²) in [4.78, 5) is 7.70. The maximum Gasteiger partial charge on any atom is 0.0905 e. The van der Waals surface area contributed by atoms with Gasteiger partial charge in [0, 0.05) is 24.4 Å². The molecule has 2 N–H and O–H groups in total. The first-order valence-corrected chi connectivity index (χ1v) is 5.92. The molecule has 0 radical (unpaired) electrons. The normalized spacial score (nSPS) is 15.6. The number of aromatic nitrogens is 2. The number of rotatable bonds is 4. The lowest BCUT2D eigenvalue weighted by Gasteiger charge is -2.05. The van der Waals surface area contributed by atoms with Gasteiger partial charge in [-0.15, -0.1) is 0 Å². The Hall–Kier alpha value is -1.39. The van der Waals surface area contributed by atoms with Gasteiger partial charge in [0.1, 0.15) is 0 Å². The summed E-state index contributed by atoms with van der Waals surface area (Å²) in [5.74, 6) is 0.656. The topological polar surface area (TPSA) is 58.1 Å². The highest BCUT2D eigenvalue weighted by Crippen LogP contribution is 2.43. The largest absolute Gasteiger partial charge is 0.390 e. The molecule has 2 aromatic rings. The van der Waals surface area contributed by atoms with E-state index < -0.39 is 0 Å². The average molecular weight is 232 g/mol. The van der Waals surface area contributed by atoms with Crippen LogP contribution in [0.3, 0.4) is 0 Å². The summed E-state index contributed by atoms with van der Waals surface area (Å²) in [6.45, 7) is 0.526. The van der Waals surface area contributed by atoms with Crippen molar-refractivity contribution in [2.24, 2.45) is 0 Å². The Morgan fingerprint density at radius 2 is 2.35 bits per heavy atom. The predicted octanol–water partition coefficient (Wildman–Crippen LogP) is 2.08. The monoisotopic (exact) mass is 232 g/mol. The molecule has 4 heteroatoms. The molecule has 0 saturated heterocycles. The number of aromatic amines is 1. The zero-order valence-electron chi connectivity index (χ0n) is 9.86. The molecule has 0 bridgehead atoms. The summed E-state index contributed by atoms with van der Waals surface area (Å²) in [6, 6.07) is 2.03. The van der Waals surface area contributed by atoms with E-state index in [4.69, 9.17) is 4.74 Å². The first-order valence-electron chi connectivity index (χ1n) is 5.92. The first-order chi connectivity index (χ1) is 8.33. The molecule has 3 rings (SSSR count). The van der Waals surface area contributed by atoms with Gasteiger partial charge < -0.3 is 14.8 Å². The molecule has 4 nitrogen and oxygen atoms in total. The van der Waals surface area contributed by atoms with E-state index in [0.29, 0.717) is 12.5 Å². The van der Waals surface area contributed by atoms with Crippen LogP contribution in [-0.2, 0) is 18.0 Å². The van der Waals surface area contributed by atoms with E-state index in [1.807, 2.05) is 12.3 Å². The van der Waals surface area contributed by atoms with Crippen molar-refractivity contribution in [2.75, 3.05) is 7.11 Å². The highest BCUT2D eigenvalue weighted by atomic mass is 16.5. The van der Waals surface area contributed by atoms with Crippen molar-refractivity contribution in [1.82, 2.24) is 9.97 Å². The van der Waals surface area contributed by atoms with E-state index in [1.54, 1.807) is 7.11 Å². The molecule has 0 aliphatic heterocycles. The molecule has 0 spiro atoms. The minimum atomic E-state index is 0.0329. The van der Waals surface area contributed by atoms with Crippen LogP contribution in [0.1, 0.15) is 35.7 Å². The number of nitrogens with one attached hydrogen (secondary N) is 1. The van der Waals surface area contributed by atoms with Crippen molar-refractivity contribution < 1.29 is 9.84 Å². The van der Waals surface area contributed by atoms with Crippen LogP contribution in [-0.4, -0.2) is 22.2 Å². The second-order valence-electron chi connectivity index (χ2n) is 4.61. The number of hydrogen-bond acceptors (Lipinski definition) is 3. The van der Waals surface area contributed by atoms with Gasteiger partial charge >= 0.3 is 0 Å². The fourth-order valence-electron chi connectivity index (χ4n) is 2.30. The fraction of sp³-hybridized carbons (Fsp3) is 0.462. The second kappa shape index (κ2) is 4.13. The van der Waals surface area contributed by atoms with Gasteiger partial charge in [-0.3, -0.25) is 4.98 Å². The Bertz CT molecular complexity index is 544. The van der Waals surface area contributed by atoms with Gasteiger partial charge in [-0.05, 0) is 30.4 Å². The number of aliphatic hydroxyl groups is 1. The SMILES string of the molecule is COCc1ncc(C2CC2)c2cc(CO)[nH]c12. The van der Waals surface area contributed by atoms with Gasteiger partial charge in [-0.2, -0.15) is 0 Å². The molecule has 2 aromatic heterocycles. The smallest absolute Gasteiger partial charge is 0.0905 e. The van der Waals surface area contributed by atoms with Crippen molar-refractivity contribution in [3.05, 3.63) is 29.2 Å². The fourth-order valence-corrected chi connectivity index (χ4v) is 2.30. The van der Waals surface area contributed by atoms with Crippen molar-refractivity contribution >= 4 is 10.9 Å². The molecule has 1 aliphatic rings. The summed E-state index contributed by atoms with van der Waals surface area (Å²) >= 11 is 0. The van der Waals surface area contributed by atoms with Crippen molar-refractivity contribution in [2.45, 2.75) is 32.0 Å². The summed E-state index contributed by atoms with van der Waals surface area (Å²) in [6.07, 6.45) is 4.46. The van der Waals surface area contributed by atoms with E-state index in [0.717, 1.165) is 16.9 Å². The highest BCUT2D eigenvalue weighted by Gasteiger charge is 2.27. The van der Waals surface area contributed by atoms with Crippen molar-refractivity contribution in [1.29, 1.82) is 0 Å². The lowest BCUT2D eigenvalue weighted by Crippen LogP contribution is -1.96. The zero-order valence-corrected chi connectivity index (χ0v) is 9.86. The van der Waals surface area contributed by atoms with Gasteiger partial charge in [-0.25, -0.2) is 0 Å². The van der Waals surface area contributed by atoms with Crippen molar-refractivity contribution in [3.63, 3.8) is 0 Å². The van der Waals surface area contributed by atoms with Crippen LogP contribution in [0.5, 0.6) is 0 Å². The summed E-state index contributed by atoms with van der Waals surface area (Å²) in [5, 5.41) is 10.4. The molecule has 17 heavy (non-hydrogen) atoms. The average Bonchev–Trinajstić information content (AvgIpc) is 3.08. The first kappa shape index (κ1) is 10.7. The van der Waals surface area contributed by atoms with Gasteiger partial charge in [0.05, 0.1) is 24.4 Å². The van der Waals surface area contributed by atoms with E-state index >= 15 is 0 Å². The van der Waals surface area contributed by atoms with E-state index in [-0.39, 0.29) is 6.61 Å². The third-order valence-corrected chi connectivity index (χ3v) is 3.30. The number of pyridine rings is 1. The highest BCUT2D eigenvalue weighted by molar-refractivity contribution is 5.86. The quantitative estimate of drug-likeness (QED) is 0.848. The molecular formula is C13H16N2O2. The Balaban J connectivity index is 2.17. The number of fused-ring (bicyclic) bond motifs is 1. The molecule has 2 heterocycles. The number of nitrogens with zero attached hydrogens (tertiary/aromatic N) is 1. The molecule has 1 aliphatic carbocycles. The maximum absolute atomic E-state index is 9.22. The Morgan fingerprint density at radius 3 is 3.00 bits per heavy atom. The zero-order chi connectivity index (χ0) is 11.8. The molecular weight excluding hydrogens is 216 g/mol. The number of ether oxygens (including phenoxy) is 1. The van der Waals surface area contributed by atoms with E-state index in [1.165, 1.54) is 23.8 Å². The van der Waals surface area contributed by atoms with Crippen LogP contribution in [0.4, 0.5) is 0 Å². The lowest BCUT2D eigenvalue weighted by atomic mass is 10.1. The van der Waals surface area contributed by atoms with Crippen LogP contribution < -0.4 is 0 Å². The molecule has 90 valence electrons. The van der Waals surface area contributed by atoms with Crippen LogP contribution in [0.25, 0.3) is 10.9 Å². The van der Waals surface area contributed by atoms with Crippen LogP contribution >= 0.6 is 0 Å². The third-order valence-electron chi connectivity index (χ3n) is 3.30. The number of aliphatic hydroxyl groups excluding tert-OH is 1.